The van der Waals surface area contributed by atoms with Crippen LogP contribution in [0.5, 0.6) is 5.75 Å². The molecule has 22 heavy (non-hydrogen) atoms. The standard InChI is InChI=1S/C16H19BrN2O3/c1-20-11-22-15-8-12(5-6-14(15)17)13-9-18-19(10-13)16-4-2-3-7-21-16/h5-6,8-10,16H,2-4,7,11H2,1H3. The van der Waals surface area contributed by atoms with Crippen molar-refractivity contribution in [1.29, 1.82) is 0 Å². The fourth-order valence-electron chi connectivity index (χ4n) is 2.49. The summed E-state index contributed by atoms with van der Waals surface area (Å²) in [7, 11) is 1.60. The van der Waals surface area contributed by atoms with Gasteiger partial charge in [-0.3, -0.25) is 0 Å². The zero-order valence-electron chi connectivity index (χ0n) is 12.5. The van der Waals surface area contributed by atoms with Gasteiger partial charge >= 0.3 is 0 Å². The summed E-state index contributed by atoms with van der Waals surface area (Å²) in [6.45, 7) is 1.03. The molecule has 3 rings (SSSR count). The van der Waals surface area contributed by atoms with E-state index in [9.17, 15) is 0 Å². The largest absolute Gasteiger partial charge is 0.466 e. The van der Waals surface area contributed by atoms with Crippen molar-refractivity contribution >= 4 is 15.9 Å². The van der Waals surface area contributed by atoms with Gasteiger partial charge in [-0.15, -0.1) is 0 Å². The number of nitrogens with zero attached hydrogens (tertiary/aromatic N) is 2. The molecule has 1 aliphatic heterocycles. The minimum Gasteiger partial charge on any atom is -0.466 e. The molecule has 2 aromatic rings. The Bertz CT molecular complexity index is 624. The van der Waals surface area contributed by atoms with Gasteiger partial charge in [0.2, 0.25) is 0 Å². The Labute approximate surface area is 138 Å². The number of ether oxygens (including phenoxy) is 3. The number of halogens is 1. The summed E-state index contributed by atoms with van der Waals surface area (Å²) in [5.41, 5.74) is 2.10. The molecule has 1 fully saturated rings. The highest BCUT2D eigenvalue weighted by Crippen LogP contribution is 2.31. The maximum Gasteiger partial charge on any atom is 0.188 e. The van der Waals surface area contributed by atoms with Crippen LogP contribution >= 0.6 is 15.9 Å². The molecule has 6 heteroatoms. The van der Waals surface area contributed by atoms with Crippen molar-refractivity contribution in [3.8, 4) is 16.9 Å². The first-order valence-electron chi connectivity index (χ1n) is 7.35. The Hall–Kier alpha value is -1.37. The summed E-state index contributed by atoms with van der Waals surface area (Å²) >= 11 is 3.48. The summed E-state index contributed by atoms with van der Waals surface area (Å²) in [6.07, 6.45) is 7.29. The second kappa shape index (κ2) is 7.26. The van der Waals surface area contributed by atoms with E-state index < -0.39 is 0 Å². The van der Waals surface area contributed by atoms with Gasteiger partial charge in [0, 0.05) is 25.5 Å². The molecule has 0 spiro atoms. The van der Waals surface area contributed by atoms with Crippen molar-refractivity contribution in [2.45, 2.75) is 25.5 Å². The molecule has 1 saturated heterocycles. The summed E-state index contributed by atoms with van der Waals surface area (Å²) in [4.78, 5) is 0. The number of rotatable bonds is 5. The third kappa shape index (κ3) is 3.51. The Kier molecular flexibility index (Phi) is 5.12. The fourth-order valence-corrected chi connectivity index (χ4v) is 2.85. The van der Waals surface area contributed by atoms with E-state index >= 15 is 0 Å². The van der Waals surface area contributed by atoms with E-state index in [4.69, 9.17) is 14.2 Å². The number of aromatic nitrogens is 2. The number of hydrogen-bond acceptors (Lipinski definition) is 4. The summed E-state index contributed by atoms with van der Waals surface area (Å²) in [5, 5.41) is 4.44. The van der Waals surface area contributed by atoms with Crippen LogP contribution in [0.25, 0.3) is 11.1 Å². The first-order chi connectivity index (χ1) is 10.8. The summed E-state index contributed by atoms with van der Waals surface area (Å²) < 4.78 is 19.1. The quantitative estimate of drug-likeness (QED) is 0.750. The van der Waals surface area contributed by atoms with Crippen LogP contribution in [-0.2, 0) is 9.47 Å². The molecule has 0 amide bonds. The van der Waals surface area contributed by atoms with Gasteiger partial charge in [-0.2, -0.15) is 5.10 Å². The van der Waals surface area contributed by atoms with Crippen LogP contribution in [0.4, 0.5) is 0 Å². The second-order valence-corrected chi connectivity index (χ2v) is 6.08. The molecule has 0 N–H and O–H groups in total. The van der Waals surface area contributed by atoms with Gasteiger partial charge < -0.3 is 14.2 Å². The predicted octanol–water partition coefficient (Wildman–Crippen LogP) is 3.99. The van der Waals surface area contributed by atoms with Crippen LogP contribution in [0, 0.1) is 0 Å². The molecular weight excluding hydrogens is 348 g/mol. The van der Waals surface area contributed by atoms with E-state index in [1.54, 1.807) is 7.11 Å². The lowest BCUT2D eigenvalue weighted by atomic mass is 10.1. The number of hydrogen-bond donors (Lipinski definition) is 0. The Morgan fingerprint density at radius 1 is 1.36 bits per heavy atom. The zero-order valence-corrected chi connectivity index (χ0v) is 14.1. The van der Waals surface area contributed by atoms with Crippen LogP contribution < -0.4 is 4.74 Å². The van der Waals surface area contributed by atoms with Crippen molar-refractivity contribution in [3.63, 3.8) is 0 Å². The highest BCUT2D eigenvalue weighted by Gasteiger charge is 2.17. The molecular formula is C16H19BrN2O3. The molecule has 5 nitrogen and oxygen atoms in total. The van der Waals surface area contributed by atoms with E-state index in [0.29, 0.717) is 0 Å². The Morgan fingerprint density at radius 2 is 2.27 bits per heavy atom. The second-order valence-electron chi connectivity index (χ2n) is 5.23. The van der Waals surface area contributed by atoms with Gasteiger partial charge in [0.1, 0.15) is 12.0 Å². The Balaban J connectivity index is 1.80. The SMILES string of the molecule is COCOc1cc(-c2cnn(C3CCCCO3)c2)ccc1Br. The summed E-state index contributed by atoms with van der Waals surface area (Å²) in [5.74, 6) is 0.751. The van der Waals surface area contributed by atoms with Gasteiger partial charge in [-0.05, 0) is 52.9 Å². The molecule has 1 aromatic carbocycles. The van der Waals surface area contributed by atoms with E-state index in [1.807, 2.05) is 35.3 Å². The fraction of sp³-hybridized carbons (Fsp3) is 0.438. The van der Waals surface area contributed by atoms with Crippen molar-refractivity contribution < 1.29 is 14.2 Å². The molecule has 1 aromatic heterocycles. The Morgan fingerprint density at radius 3 is 3.05 bits per heavy atom. The third-order valence-electron chi connectivity index (χ3n) is 3.65. The highest BCUT2D eigenvalue weighted by molar-refractivity contribution is 9.10. The molecule has 0 radical (unpaired) electrons. The first-order valence-corrected chi connectivity index (χ1v) is 8.14. The van der Waals surface area contributed by atoms with Crippen LogP contribution in [0.15, 0.2) is 35.1 Å². The van der Waals surface area contributed by atoms with E-state index in [0.717, 1.165) is 40.8 Å². The van der Waals surface area contributed by atoms with E-state index in [2.05, 4.69) is 21.0 Å². The normalized spacial score (nSPS) is 18.4. The monoisotopic (exact) mass is 366 g/mol. The minimum absolute atomic E-state index is 0.0576. The van der Waals surface area contributed by atoms with Crippen molar-refractivity contribution in [2.75, 3.05) is 20.5 Å². The van der Waals surface area contributed by atoms with Crippen LogP contribution in [0.3, 0.4) is 0 Å². The lowest BCUT2D eigenvalue weighted by Gasteiger charge is -2.22. The van der Waals surface area contributed by atoms with Crippen LogP contribution in [0.2, 0.25) is 0 Å². The van der Waals surface area contributed by atoms with E-state index in [-0.39, 0.29) is 13.0 Å². The van der Waals surface area contributed by atoms with Crippen molar-refractivity contribution in [3.05, 3.63) is 35.1 Å². The van der Waals surface area contributed by atoms with Gasteiger partial charge in [-0.1, -0.05) is 6.07 Å². The minimum atomic E-state index is 0.0576. The first kappa shape index (κ1) is 15.5. The maximum absolute atomic E-state index is 5.76. The highest BCUT2D eigenvalue weighted by atomic mass is 79.9. The molecule has 0 bridgehead atoms. The molecule has 0 saturated carbocycles. The predicted molar refractivity (Wildman–Crippen MR) is 86.7 cm³/mol. The average molecular weight is 367 g/mol. The molecule has 1 aliphatic rings. The average Bonchev–Trinajstić information content (AvgIpc) is 3.05. The molecule has 0 aliphatic carbocycles. The van der Waals surface area contributed by atoms with Gasteiger partial charge in [0.25, 0.3) is 0 Å². The smallest absolute Gasteiger partial charge is 0.188 e. The van der Waals surface area contributed by atoms with Crippen molar-refractivity contribution in [1.82, 2.24) is 9.78 Å². The summed E-state index contributed by atoms with van der Waals surface area (Å²) in [6, 6.07) is 5.98. The molecule has 2 heterocycles. The molecule has 1 unspecified atom stereocenters. The van der Waals surface area contributed by atoms with Gasteiger partial charge in [0.15, 0.2) is 6.79 Å². The third-order valence-corrected chi connectivity index (χ3v) is 4.30. The molecule has 1 atom stereocenters. The van der Waals surface area contributed by atoms with Gasteiger partial charge in [0.05, 0.1) is 10.7 Å². The lowest BCUT2D eigenvalue weighted by molar-refractivity contribution is -0.0394. The van der Waals surface area contributed by atoms with Crippen LogP contribution in [0.1, 0.15) is 25.5 Å². The number of benzene rings is 1. The van der Waals surface area contributed by atoms with E-state index in [1.165, 1.54) is 6.42 Å². The molecule has 118 valence electrons. The number of methoxy groups -OCH3 is 1. The zero-order chi connectivity index (χ0) is 15.4. The lowest BCUT2D eigenvalue weighted by Crippen LogP contribution is -2.18. The topological polar surface area (TPSA) is 45.5 Å². The maximum atomic E-state index is 5.76. The van der Waals surface area contributed by atoms with Gasteiger partial charge in [-0.25, -0.2) is 4.68 Å². The van der Waals surface area contributed by atoms with Crippen molar-refractivity contribution in [2.24, 2.45) is 0 Å². The van der Waals surface area contributed by atoms with Crippen LogP contribution in [-0.4, -0.2) is 30.3 Å².